The van der Waals surface area contributed by atoms with Gasteiger partial charge in [0.2, 0.25) is 0 Å². The third-order valence-electron chi connectivity index (χ3n) is 3.13. The summed E-state index contributed by atoms with van der Waals surface area (Å²) < 4.78 is 4.69. The Morgan fingerprint density at radius 1 is 1.00 bits per heavy atom. The topological polar surface area (TPSA) is 55.4 Å². The molecule has 0 heterocycles. The van der Waals surface area contributed by atoms with Crippen molar-refractivity contribution in [2.24, 2.45) is 0 Å². The fourth-order valence-corrected chi connectivity index (χ4v) is 2.02. The van der Waals surface area contributed by atoms with Gasteiger partial charge in [-0.05, 0) is 30.7 Å². The molecule has 0 saturated carbocycles. The summed E-state index contributed by atoms with van der Waals surface area (Å²) in [5.74, 6) is -0.440. The van der Waals surface area contributed by atoms with Crippen LogP contribution in [0.3, 0.4) is 0 Å². The predicted octanol–water partition coefficient (Wildman–Crippen LogP) is 3.52. The van der Waals surface area contributed by atoms with Crippen LogP contribution in [0, 0.1) is 0 Å². The van der Waals surface area contributed by atoms with Crippen LogP contribution in [0.2, 0.25) is 0 Å². The van der Waals surface area contributed by atoms with Crippen LogP contribution in [-0.4, -0.2) is 18.9 Å². The highest BCUT2D eigenvalue weighted by Gasteiger charge is 2.08. The number of carbonyl (C=O) groups is 2. The van der Waals surface area contributed by atoms with Crippen molar-refractivity contribution < 1.29 is 14.3 Å². The number of hydrogen-bond donors (Lipinski definition) is 1. The second-order valence-corrected chi connectivity index (χ2v) is 4.70. The van der Waals surface area contributed by atoms with Gasteiger partial charge in [0.25, 0.3) is 0 Å². The summed E-state index contributed by atoms with van der Waals surface area (Å²) in [6.07, 6.45) is 1.65. The summed E-state index contributed by atoms with van der Waals surface area (Å²) in [6, 6.07) is 16.3. The minimum absolute atomic E-state index is 0.0391. The summed E-state index contributed by atoms with van der Waals surface area (Å²) in [4.78, 5) is 23.3. The minimum atomic E-state index is -0.400. The standard InChI is InChI=1S/C18H17NO3/c1-13(20)17(14-7-4-3-5-8-14)12-19-16-10-6-9-15(11-16)18(21)22-2/h3-12,19H,1-2H3. The molecule has 0 atom stereocenters. The van der Waals surface area contributed by atoms with Gasteiger partial charge in [-0.15, -0.1) is 0 Å². The van der Waals surface area contributed by atoms with Crippen LogP contribution in [0.15, 0.2) is 60.8 Å². The first-order valence-electron chi connectivity index (χ1n) is 6.83. The van der Waals surface area contributed by atoms with Gasteiger partial charge in [-0.1, -0.05) is 36.4 Å². The Bertz CT molecular complexity index is 705. The van der Waals surface area contributed by atoms with Crippen molar-refractivity contribution in [3.8, 4) is 0 Å². The highest BCUT2D eigenvalue weighted by molar-refractivity contribution is 6.19. The number of rotatable bonds is 5. The molecule has 0 saturated heterocycles. The largest absolute Gasteiger partial charge is 0.465 e. The SMILES string of the molecule is COC(=O)c1cccc(NC=C(C(C)=O)c2ccccc2)c1. The van der Waals surface area contributed by atoms with Crippen molar-refractivity contribution in [2.75, 3.05) is 12.4 Å². The lowest BCUT2D eigenvalue weighted by molar-refractivity contribution is -0.111. The zero-order valence-corrected chi connectivity index (χ0v) is 12.5. The molecule has 112 valence electrons. The fraction of sp³-hybridized carbons (Fsp3) is 0.111. The third-order valence-corrected chi connectivity index (χ3v) is 3.13. The summed E-state index contributed by atoms with van der Waals surface area (Å²) in [5, 5.41) is 3.05. The number of hydrogen-bond acceptors (Lipinski definition) is 4. The third kappa shape index (κ3) is 3.82. The van der Waals surface area contributed by atoms with E-state index in [1.54, 1.807) is 24.4 Å². The quantitative estimate of drug-likeness (QED) is 0.677. The molecule has 2 aromatic rings. The number of carbonyl (C=O) groups excluding carboxylic acids is 2. The predicted molar refractivity (Wildman–Crippen MR) is 86.5 cm³/mol. The smallest absolute Gasteiger partial charge is 0.337 e. The molecule has 0 aliphatic carbocycles. The van der Waals surface area contributed by atoms with Crippen LogP contribution in [0.25, 0.3) is 5.57 Å². The molecule has 2 rings (SSSR count). The molecule has 4 heteroatoms. The van der Waals surface area contributed by atoms with E-state index in [1.165, 1.54) is 14.0 Å². The Labute approximate surface area is 129 Å². The number of ketones is 1. The van der Waals surface area contributed by atoms with Crippen molar-refractivity contribution in [1.82, 2.24) is 0 Å². The van der Waals surface area contributed by atoms with Crippen LogP contribution in [0.1, 0.15) is 22.8 Å². The molecule has 2 aromatic carbocycles. The molecule has 0 aromatic heterocycles. The van der Waals surface area contributed by atoms with E-state index in [4.69, 9.17) is 0 Å². The molecule has 0 unspecified atom stereocenters. The molecular formula is C18H17NO3. The Hall–Kier alpha value is -2.88. The average molecular weight is 295 g/mol. The zero-order chi connectivity index (χ0) is 15.9. The summed E-state index contributed by atoms with van der Waals surface area (Å²) >= 11 is 0. The van der Waals surface area contributed by atoms with Crippen molar-refractivity contribution in [3.63, 3.8) is 0 Å². The van der Waals surface area contributed by atoms with Crippen molar-refractivity contribution in [1.29, 1.82) is 0 Å². The Morgan fingerprint density at radius 3 is 2.32 bits per heavy atom. The first-order chi connectivity index (χ1) is 10.6. The number of benzene rings is 2. The first kappa shape index (κ1) is 15.5. The Kier molecular flexibility index (Phi) is 5.09. The van der Waals surface area contributed by atoms with Gasteiger partial charge in [0, 0.05) is 17.5 Å². The summed E-state index contributed by atoms with van der Waals surface area (Å²) in [6.45, 7) is 1.52. The second-order valence-electron chi connectivity index (χ2n) is 4.70. The van der Waals surface area contributed by atoms with Gasteiger partial charge in [-0.3, -0.25) is 4.79 Å². The number of ether oxygens (including phenoxy) is 1. The number of esters is 1. The highest BCUT2D eigenvalue weighted by Crippen LogP contribution is 2.17. The van der Waals surface area contributed by atoms with Crippen LogP contribution in [-0.2, 0) is 9.53 Å². The lowest BCUT2D eigenvalue weighted by Crippen LogP contribution is -2.03. The van der Waals surface area contributed by atoms with E-state index < -0.39 is 5.97 Å². The molecule has 0 amide bonds. The van der Waals surface area contributed by atoms with E-state index in [2.05, 4.69) is 10.1 Å². The molecule has 0 aliphatic rings. The van der Waals surface area contributed by atoms with Crippen LogP contribution in [0.5, 0.6) is 0 Å². The van der Waals surface area contributed by atoms with Crippen LogP contribution < -0.4 is 5.32 Å². The van der Waals surface area contributed by atoms with E-state index >= 15 is 0 Å². The monoisotopic (exact) mass is 295 g/mol. The van der Waals surface area contributed by atoms with Crippen LogP contribution >= 0.6 is 0 Å². The minimum Gasteiger partial charge on any atom is -0.465 e. The highest BCUT2D eigenvalue weighted by atomic mass is 16.5. The molecule has 0 spiro atoms. The normalized spacial score (nSPS) is 10.9. The fourth-order valence-electron chi connectivity index (χ4n) is 2.02. The number of methoxy groups -OCH3 is 1. The number of nitrogens with one attached hydrogen (secondary N) is 1. The number of allylic oxidation sites excluding steroid dienone is 1. The van der Waals surface area contributed by atoms with Crippen molar-refractivity contribution >= 4 is 23.0 Å². The molecule has 0 aliphatic heterocycles. The molecule has 1 N–H and O–H groups in total. The number of anilines is 1. The van der Waals surface area contributed by atoms with Gasteiger partial charge in [-0.25, -0.2) is 4.79 Å². The molecular weight excluding hydrogens is 278 g/mol. The second kappa shape index (κ2) is 7.22. The molecule has 0 radical (unpaired) electrons. The van der Waals surface area contributed by atoms with E-state index in [-0.39, 0.29) is 5.78 Å². The van der Waals surface area contributed by atoms with E-state index in [0.717, 1.165) is 5.56 Å². The maximum absolute atomic E-state index is 11.8. The molecule has 22 heavy (non-hydrogen) atoms. The van der Waals surface area contributed by atoms with Gasteiger partial charge in [0.05, 0.1) is 12.7 Å². The number of Topliss-reactive ketones (excluding diaryl/α,β-unsaturated/α-hetero) is 1. The lowest BCUT2D eigenvalue weighted by Gasteiger charge is -2.07. The van der Waals surface area contributed by atoms with Gasteiger partial charge < -0.3 is 10.1 Å². The first-order valence-corrected chi connectivity index (χ1v) is 6.83. The van der Waals surface area contributed by atoms with E-state index in [1.807, 2.05) is 36.4 Å². The molecule has 0 fully saturated rings. The summed E-state index contributed by atoms with van der Waals surface area (Å²) in [5.41, 5.74) is 2.57. The van der Waals surface area contributed by atoms with E-state index in [9.17, 15) is 9.59 Å². The van der Waals surface area contributed by atoms with Gasteiger partial charge in [0.15, 0.2) is 5.78 Å². The molecule has 4 nitrogen and oxygen atoms in total. The Balaban J connectivity index is 2.25. The summed E-state index contributed by atoms with van der Waals surface area (Å²) in [7, 11) is 1.34. The van der Waals surface area contributed by atoms with Crippen molar-refractivity contribution in [2.45, 2.75) is 6.92 Å². The maximum atomic E-state index is 11.8. The lowest BCUT2D eigenvalue weighted by atomic mass is 10.0. The van der Waals surface area contributed by atoms with Crippen molar-refractivity contribution in [3.05, 3.63) is 71.9 Å². The zero-order valence-electron chi connectivity index (χ0n) is 12.5. The Morgan fingerprint density at radius 2 is 1.68 bits per heavy atom. The van der Waals surface area contributed by atoms with Gasteiger partial charge in [-0.2, -0.15) is 0 Å². The van der Waals surface area contributed by atoms with Gasteiger partial charge >= 0.3 is 5.97 Å². The van der Waals surface area contributed by atoms with E-state index in [0.29, 0.717) is 16.8 Å². The average Bonchev–Trinajstić information content (AvgIpc) is 2.55. The maximum Gasteiger partial charge on any atom is 0.337 e. The van der Waals surface area contributed by atoms with Gasteiger partial charge in [0.1, 0.15) is 0 Å². The molecule has 0 bridgehead atoms. The van der Waals surface area contributed by atoms with Crippen LogP contribution in [0.4, 0.5) is 5.69 Å².